The summed E-state index contributed by atoms with van der Waals surface area (Å²) < 4.78 is 5.57. The molecule has 0 aliphatic carbocycles. The number of nitriles is 1. The van der Waals surface area contributed by atoms with Crippen LogP contribution in [-0.4, -0.2) is 15.9 Å². The van der Waals surface area contributed by atoms with Gasteiger partial charge in [-0.3, -0.25) is 0 Å². The molecule has 0 saturated carbocycles. The van der Waals surface area contributed by atoms with Crippen LogP contribution in [0.3, 0.4) is 0 Å². The fourth-order valence-electron chi connectivity index (χ4n) is 4.70. The van der Waals surface area contributed by atoms with Gasteiger partial charge in [-0.25, -0.2) is 14.8 Å². The second kappa shape index (κ2) is 17.1. The third kappa shape index (κ3) is 10.3. The van der Waals surface area contributed by atoms with Gasteiger partial charge in [0.05, 0.1) is 17.2 Å². The van der Waals surface area contributed by atoms with Crippen molar-refractivity contribution in [2.75, 3.05) is 0 Å². The fraction of sp³-hybridized carbons (Fsp3) is 0.471. The molecule has 5 heteroatoms. The average molecular weight is 526 g/mol. The number of unbranched alkanes of at least 4 members (excludes halogenated alkanes) is 10. The molecule has 1 aromatic heterocycles. The van der Waals surface area contributed by atoms with Gasteiger partial charge in [-0.2, -0.15) is 5.26 Å². The van der Waals surface area contributed by atoms with E-state index in [2.05, 4.69) is 29.9 Å². The first-order valence-corrected chi connectivity index (χ1v) is 14.8. The van der Waals surface area contributed by atoms with Crippen molar-refractivity contribution in [1.29, 1.82) is 5.26 Å². The van der Waals surface area contributed by atoms with Crippen molar-refractivity contribution in [2.45, 2.75) is 104 Å². The van der Waals surface area contributed by atoms with Crippen molar-refractivity contribution in [3.8, 4) is 23.2 Å². The molecule has 0 N–H and O–H groups in total. The van der Waals surface area contributed by atoms with Gasteiger partial charge in [0.25, 0.3) is 0 Å². The van der Waals surface area contributed by atoms with Crippen LogP contribution in [0, 0.1) is 11.3 Å². The van der Waals surface area contributed by atoms with Crippen LogP contribution in [0.15, 0.2) is 54.9 Å². The Labute approximate surface area is 234 Å². The molecule has 0 saturated heterocycles. The zero-order valence-electron chi connectivity index (χ0n) is 23.8. The Bertz CT molecular complexity index is 1180. The molecule has 2 aromatic carbocycles. The molecule has 3 rings (SSSR count). The largest absolute Gasteiger partial charge is 0.423 e. The van der Waals surface area contributed by atoms with Crippen molar-refractivity contribution >= 4 is 5.97 Å². The van der Waals surface area contributed by atoms with Crippen LogP contribution in [0.25, 0.3) is 11.4 Å². The third-order valence-electron chi connectivity index (χ3n) is 7.11. The summed E-state index contributed by atoms with van der Waals surface area (Å²) in [7, 11) is 0. The molecule has 5 nitrogen and oxygen atoms in total. The van der Waals surface area contributed by atoms with Gasteiger partial charge < -0.3 is 4.74 Å². The summed E-state index contributed by atoms with van der Waals surface area (Å²) in [6, 6.07) is 14.7. The number of benzene rings is 2. The van der Waals surface area contributed by atoms with Crippen molar-refractivity contribution < 1.29 is 9.53 Å². The number of esters is 1. The third-order valence-corrected chi connectivity index (χ3v) is 7.11. The van der Waals surface area contributed by atoms with E-state index in [0.29, 0.717) is 22.7 Å². The summed E-state index contributed by atoms with van der Waals surface area (Å²) in [4.78, 5) is 21.8. The number of hydrogen-bond acceptors (Lipinski definition) is 5. The molecule has 0 radical (unpaired) electrons. The number of nitrogens with zero attached hydrogens (tertiary/aromatic N) is 3. The maximum atomic E-state index is 12.7. The molecule has 0 atom stereocenters. The van der Waals surface area contributed by atoms with Gasteiger partial charge in [0.2, 0.25) is 0 Å². The SMILES string of the molecule is CCCCCCCCCc1cnc(-c2ccc(OC(=O)c3ccc(CCCCCCC)c(C#N)c3)cc2)nc1. The molecular weight excluding hydrogens is 482 g/mol. The number of carbonyl (C=O) groups excluding carboxylic acids is 1. The molecule has 39 heavy (non-hydrogen) atoms. The van der Waals surface area contributed by atoms with Crippen molar-refractivity contribution in [3.63, 3.8) is 0 Å². The van der Waals surface area contributed by atoms with Gasteiger partial charge in [0, 0.05) is 18.0 Å². The van der Waals surface area contributed by atoms with E-state index in [0.717, 1.165) is 42.4 Å². The van der Waals surface area contributed by atoms with Gasteiger partial charge in [-0.05, 0) is 73.2 Å². The predicted molar refractivity (Wildman–Crippen MR) is 158 cm³/mol. The highest BCUT2D eigenvalue weighted by Crippen LogP contribution is 2.22. The first-order chi connectivity index (χ1) is 19.1. The highest BCUT2D eigenvalue weighted by molar-refractivity contribution is 5.91. The van der Waals surface area contributed by atoms with E-state index in [4.69, 9.17) is 4.74 Å². The highest BCUT2D eigenvalue weighted by atomic mass is 16.5. The first-order valence-electron chi connectivity index (χ1n) is 14.8. The Morgan fingerprint density at radius 2 is 1.36 bits per heavy atom. The molecule has 0 amide bonds. The first kappa shape index (κ1) is 30.0. The number of hydrogen-bond donors (Lipinski definition) is 0. The lowest BCUT2D eigenvalue weighted by Crippen LogP contribution is -2.09. The molecule has 0 aliphatic heterocycles. The second-order valence-electron chi connectivity index (χ2n) is 10.3. The minimum atomic E-state index is -0.472. The fourth-order valence-corrected chi connectivity index (χ4v) is 4.70. The van der Waals surface area contributed by atoms with Crippen molar-refractivity contribution in [3.05, 3.63) is 77.1 Å². The number of ether oxygens (including phenoxy) is 1. The lowest BCUT2D eigenvalue weighted by Gasteiger charge is -2.08. The maximum absolute atomic E-state index is 12.7. The van der Waals surface area contributed by atoms with Crippen LogP contribution in [0.4, 0.5) is 0 Å². The van der Waals surface area contributed by atoms with E-state index >= 15 is 0 Å². The van der Waals surface area contributed by atoms with Crippen LogP contribution in [0.1, 0.15) is 118 Å². The number of carbonyl (C=O) groups is 1. The molecule has 0 spiro atoms. The van der Waals surface area contributed by atoms with Crippen LogP contribution >= 0.6 is 0 Å². The molecule has 0 bridgehead atoms. The topological polar surface area (TPSA) is 75.9 Å². The standard InChI is InChI=1S/C34H43N3O2/c1-3-5-7-9-10-12-13-15-27-25-36-33(37-26-27)29-19-21-32(22-20-29)39-34(38)30-18-17-28(31(23-30)24-35)16-14-11-8-6-4-2/h17-23,25-26H,3-16H2,1-2H3. The summed E-state index contributed by atoms with van der Waals surface area (Å²) in [5, 5.41) is 9.59. The van der Waals surface area contributed by atoms with Gasteiger partial charge in [-0.1, -0.05) is 84.1 Å². The summed E-state index contributed by atoms with van der Waals surface area (Å²) in [5.41, 5.74) is 3.95. The number of aryl methyl sites for hydroxylation is 2. The Morgan fingerprint density at radius 3 is 1.97 bits per heavy atom. The van der Waals surface area contributed by atoms with Gasteiger partial charge >= 0.3 is 5.97 Å². The number of aromatic nitrogens is 2. The van der Waals surface area contributed by atoms with Crippen LogP contribution in [0.5, 0.6) is 5.75 Å². The van der Waals surface area contributed by atoms with E-state index in [-0.39, 0.29) is 0 Å². The van der Waals surface area contributed by atoms with Crippen molar-refractivity contribution in [1.82, 2.24) is 9.97 Å². The van der Waals surface area contributed by atoms with E-state index in [9.17, 15) is 10.1 Å². The van der Waals surface area contributed by atoms with Gasteiger partial charge in [0.15, 0.2) is 5.82 Å². The summed E-state index contributed by atoms with van der Waals surface area (Å²) >= 11 is 0. The molecule has 0 aliphatic rings. The minimum absolute atomic E-state index is 0.380. The Kier molecular flexibility index (Phi) is 13.2. The molecule has 0 fully saturated rings. The van der Waals surface area contributed by atoms with Crippen LogP contribution in [-0.2, 0) is 12.8 Å². The van der Waals surface area contributed by atoms with E-state index in [1.54, 1.807) is 24.3 Å². The quantitative estimate of drug-likeness (QED) is 0.0998. The van der Waals surface area contributed by atoms with E-state index < -0.39 is 5.97 Å². The van der Waals surface area contributed by atoms with Gasteiger partial charge in [0.1, 0.15) is 5.75 Å². The zero-order valence-corrected chi connectivity index (χ0v) is 23.8. The normalized spacial score (nSPS) is 10.8. The number of rotatable bonds is 17. The summed E-state index contributed by atoms with van der Waals surface area (Å²) in [6.45, 7) is 4.45. The Hall–Kier alpha value is -3.52. The van der Waals surface area contributed by atoms with Gasteiger partial charge in [-0.15, -0.1) is 0 Å². The lowest BCUT2D eigenvalue weighted by atomic mass is 9.99. The molecule has 1 heterocycles. The van der Waals surface area contributed by atoms with Crippen LogP contribution in [0.2, 0.25) is 0 Å². The summed E-state index contributed by atoms with van der Waals surface area (Å²) in [6.07, 6.45) is 20.6. The smallest absolute Gasteiger partial charge is 0.343 e. The predicted octanol–water partition coefficient (Wildman–Crippen LogP) is 9.04. The zero-order chi connectivity index (χ0) is 27.7. The highest BCUT2D eigenvalue weighted by Gasteiger charge is 2.13. The van der Waals surface area contributed by atoms with Crippen molar-refractivity contribution in [2.24, 2.45) is 0 Å². The van der Waals surface area contributed by atoms with E-state index in [1.807, 2.05) is 30.6 Å². The Balaban J connectivity index is 1.49. The second-order valence-corrected chi connectivity index (χ2v) is 10.3. The van der Waals surface area contributed by atoms with Crippen LogP contribution < -0.4 is 4.74 Å². The molecule has 206 valence electrons. The molecule has 0 unspecified atom stereocenters. The minimum Gasteiger partial charge on any atom is -0.423 e. The molecular formula is C34H43N3O2. The summed E-state index contributed by atoms with van der Waals surface area (Å²) in [5.74, 6) is 0.623. The van der Waals surface area contributed by atoms with E-state index in [1.165, 1.54) is 64.2 Å². The molecule has 3 aromatic rings. The Morgan fingerprint density at radius 1 is 0.769 bits per heavy atom. The monoisotopic (exact) mass is 525 g/mol. The average Bonchev–Trinajstić information content (AvgIpc) is 2.97. The maximum Gasteiger partial charge on any atom is 0.343 e. The lowest BCUT2D eigenvalue weighted by molar-refractivity contribution is 0.0734.